The van der Waals surface area contributed by atoms with E-state index in [1.54, 1.807) is 49.4 Å². The second kappa shape index (κ2) is 12.8. The van der Waals surface area contributed by atoms with Gasteiger partial charge in [0.2, 0.25) is 11.8 Å². The molecule has 1 atom stereocenters. The highest BCUT2D eigenvalue weighted by Crippen LogP contribution is 2.31. The fourth-order valence-electron chi connectivity index (χ4n) is 4.29. The Labute approximate surface area is 224 Å². The average Bonchev–Trinajstić information content (AvgIpc) is 3.55. The van der Waals surface area contributed by atoms with Crippen LogP contribution in [-0.2, 0) is 14.4 Å². The van der Waals surface area contributed by atoms with Crippen LogP contribution in [0.3, 0.4) is 0 Å². The first-order valence-corrected chi connectivity index (χ1v) is 13.7. The summed E-state index contributed by atoms with van der Waals surface area (Å²) in [5.41, 5.74) is 0.498. The summed E-state index contributed by atoms with van der Waals surface area (Å²) in [6, 6.07) is 10.7. The van der Waals surface area contributed by atoms with Crippen molar-refractivity contribution < 1.29 is 23.3 Å². The third-order valence-corrected chi connectivity index (χ3v) is 7.17. The maximum absolute atomic E-state index is 13.6. The van der Waals surface area contributed by atoms with Gasteiger partial charge in [-0.2, -0.15) is 0 Å². The van der Waals surface area contributed by atoms with Crippen LogP contribution in [0.15, 0.2) is 57.7 Å². The van der Waals surface area contributed by atoms with Crippen molar-refractivity contribution in [3.8, 4) is 0 Å². The van der Waals surface area contributed by atoms with Gasteiger partial charge in [-0.25, -0.2) is 0 Å². The number of amides is 3. The number of benzene rings is 1. The van der Waals surface area contributed by atoms with Gasteiger partial charge in [-0.05, 0) is 56.2 Å². The molecule has 11 heteroatoms. The number of aryl methyl sites for hydroxylation is 1. The van der Waals surface area contributed by atoms with E-state index in [2.05, 4.69) is 15.8 Å². The zero-order valence-electron chi connectivity index (χ0n) is 20.4. The molecule has 2 heterocycles. The predicted octanol–water partition coefficient (Wildman–Crippen LogP) is 5.12. The molecule has 3 amide bonds. The Balaban J connectivity index is 1.51. The Hall–Kier alpha value is -3.24. The van der Waals surface area contributed by atoms with Crippen LogP contribution >= 0.6 is 23.4 Å². The smallest absolute Gasteiger partial charge is 0.251 e. The van der Waals surface area contributed by atoms with E-state index in [0.29, 0.717) is 28.0 Å². The van der Waals surface area contributed by atoms with Gasteiger partial charge in [-0.15, -0.1) is 11.8 Å². The Kier molecular flexibility index (Phi) is 9.29. The van der Waals surface area contributed by atoms with E-state index in [1.165, 1.54) is 11.2 Å². The number of thioether (sulfide) groups is 1. The number of nitrogens with zero attached hydrogens (tertiary/aromatic N) is 2. The first-order chi connectivity index (χ1) is 17.9. The summed E-state index contributed by atoms with van der Waals surface area (Å²) in [5.74, 6) is 0.240. The molecule has 2 aromatic heterocycles. The highest BCUT2D eigenvalue weighted by atomic mass is 35.5. The minimum Gasteiger partial charge on any atom is -0.467 e. The third kappa shape index (κ3) is 7.39. The SMILES string of the molecule is Cc1cc(NC(=O)CSCC(=O)N(c2ccc(Cl)cc2)C(C(=O)NC2CCCCC2)c2ccco2)no1. The molecule has 0 spiro atoms. The van der Waals surface area contributed by atoms with E-state index < -0.39 is 6.04 Å². The Morgan fingerprint density at radius 1 is 1.14 bits per heavy atom. The van der Waals surface area contributed by atoms with Crippen LogP contribution in [0.5, 0.6) is 0 Å². The molecule has 0 aliphatic heterocycles. The molecule has 3 aromatic rings. The summed E-state index contributed by atoms with van der Waals surface area (Å²) in [7, 11) is 0. The Bertz CT molecular complexity index is 1190. The van der Waals surface area contributed by atoms with Crippen molar-refractivity contribution in [3.05, 3.63) is 65.3 Å². The minimum absolute atomic E-state index is 0.0196. The number of hydrogen-bond acceptors (Lipinski definition) is 7. The molecule has 0 bridgehead atoms. The molecule has 1 aromatic carbocycles. The van der Waals surface area contributed by atoms with Gasteiger partial charge in [0.05, 0.1) is 17.8 Å². The number of carbonyl (C=O) groups is 3. The van der Waals surface area contributed by atoms with Crippen molar-refractivity contribution in [3.63, 3.8) is 0 Å². The van der Waals surface area contributed by atoms with Crippen molar-refractivity contribution >= 4 is 52.6 Å². The molecule has 1 aliphatic carbocycles. The van der Waals surface area contributed by atoms with Crippen LogP contribution in [0.4, 0.5) is 11.5 Å². The lowest BCUT2D eigenvalue weighted by Gasteiger charge is -2.32. The fraction of sp³-hybridized carbons (Fsp3) is 0.385. The van der Waals surface area contributed by atoms with E-state index in [-0.39, 0.29) is 35.3 Å². The first-order valence-electron chi connectivity index (χ1n) is 12.1. The molecule has 0 radical (unpaired) electrons. The van der Waals surface area contributed by atoms with Gasteiger partial charge in [-0.3, -0.25) is 19.3 Å². The Morgan fingerprint density at radius 2 is 1.89 bits per heavy atom. The van der Waals surface area contributed by atoms with Crippen LogP contribution in [0.2, 0.25) is 5.02 Å². The number of aromatic nitrogens is 1. The molecular weight excluding hydrogens is 516 g/mol. The monoisotopic (exact) mass is 544 g/mol. The lowest BCUT2D eigenvalue weighted by molar-refractivity contribution is -0.127. The summed E-state index contributed by atoms with van der Waals surface area (Å²) in [6.07, 6.45) is 6.56. The van der Waals surface area contributed by atoms with Crippen molar-refractivity contribution in [2.75, 3.05) is 21.7 Å². The number of furan rings is 1. The lowest BCUT2D eigenvalue weighted by Crippen LogP contribution is -2.47. The first kappa shape index (κ1) is 26.8. The third-order valence-electron chi connectivity index (χ3n) is 6.00. The molecular formula is C26H29ClN4O5S. The molecule has 196 valence electrons. The number of halogens is 1. The lowest BCUT2D eigenvalue weighted by atomic mass is 9.95. The van der Waals surface area contributed by atoms with E-state index in [4.69, 9.17) is 20.5 Å². The topological polar surface area (TPSA) is 118 Å². The summed E-state index contributed by atoms with van der Waals surface area (Å²) >= 11 is 7.22. The van der Waals surface area contributed by atoms with Crippen LogP contribution in [0.1, 0.15) is 49.7 Å². The van der Waals surface area contributed by atoms with Gasteiger partial charge in [0.25, 0.3) is 5.91 Å². The minimum atomic E-state index is -1.02. The van der Waals surface area contributed by atoms with Gasteiger partial charge >= 0.3 is 0 Å². The number of rotatable bonds is 10. The summed E-state index contributed by atoms with van der Waals surface area (Å²) in [4.78, 5) is 40.9. The highest BCUT2D eigenvalue weighted by molar-refractivity contribution is 8.00. The second-order valence-corrected chi connectivity index (χ2v) is 10.3. The molecule has 1 fully saturated rings. The fourth-order valence-corrected chi connectivity index (χ4v) is 5.09. The zero-order chi connectivity index (χ0) is 26.2. The summed E-state index contributed by atoms with van der Waals surface area (Å²) in [6.45, 7) is 1.72. The predicted molar refractivity (Wildman–Crippen MR) is 143 cm³/mol. The van der Waals surface area contributed by atoms with Gasteiger partial charge in [0.1, 0.15) is 11.5 Å². The normalized spacial score (nSPS) is 14.6. The average molecular weight is 545 g/mol. The number of hydrogen-bond donors (Lipinski definition) is 2. The molecule has 9 nitrogen and oxygen atoms in total. The van der Waals surface area contributed by atoms with Gasteiger partial charge < -0.3 is 19.6 Å². The largest absolute Gasteiger partial charge is 0.467 e. The van der Waals surface area contributed by atoms with E-state index in [1.807, 2.05) is 0 Å². The van der Waals surface area contributed by atoms with Crippen molar-refractivity contribution in [1.82, 2.24) is 10.5 Å². The van der Waals surface area contributed by atoms with E-state index in [9.17, 15) is 14.4 Å². The van der Waals surface area contributed by atoms with Crippen LogP contribution in [0, 0.1) is 6.92 Å². The van der Waals surface area contributed by atoms with Gasteiger partial charge in [-0.1, -0.05) is 36.0 Å². The van der Waals surface area contributed by atoms with Crippen molar-refractivity contribution in [1.29, 1.82) is 0 Å². The summed E-state index contributed by atoms with van der Waals surface area (Å²) in [5, 5.41) is 9.99. The van der Waals surface area contributed by atoms with E-state index in [0.717, 1.165) is 43.9 Å². The quantitative estimate of drug-likeness (QED) is 0.363. The molecule has 2 N–H and O–H groups in total. The van der Waals surface area contributed by atoms with Crippen molar-refractivity contribution in [2.24, 2.45) is 0 Å². The Morgan fingerprint density at radius 3 is 2.54 bits per heavy atom. The number of nitrogens with one attached hydrogen (secondary N) is 2. The molecule has 37 heavy (non-hydrogen) atoms. The highest BCUT2D eigenvalue weighted by Gasteiger charge is 2.36. The molecule has 1 saturated carbocycles. The maximum Gasteiger partial charge on any atom is 0.251 e. The second-order valence-electron chi connectivity index (χ2n) is 8.87. The zero-order valence-corrected chi connectivity index (χ0v) is 22.0. The number of carbonyl (C=O) groups excluding carboxylic acids is 3. The maximum atomic E-state index is 13.6. The van der Waals surface area contributed by atoms with Gasteiger partial charge in [0.15, 0.2) is 11.9 Å². The summed E-state index contributed by atoms with van der Waals surface area (Å²) < 4.78 is 10.6. The van der Waals surface area contributed by atoms with Crippen LogP contribution < -0.4 is 15.5 Å². The molecule has 1 aliphatic rings. The van der Waals surface area contributed by atoms with Crippen LogP contribution in [-0.4, -0.2) is 40.4 Å². The van der Waals surface area contributed by atoms with E-state index >= 15 is 0 Å². The van der Waals surface area contributed by atoms with Crippen LogP contribution in [0.25, 0.3) is 0 Å². The standard InChI is InChI=1S/C26H29ClN4O5S/c1-17-14-22(30-36-17)29-23(32)15-37-16-24(33)31(20-11-9-18(27)10-12-20)25(21-8-5-13-35-21)26(34)28-19-6-3-2-4-7-19/h5,8-14,19,25H,2-4,6-7,15-16H2,1H3,(H,28,34)(H,29,30,32). The number of anilines is 2. The molecule has 4 rings (SSSR count). The van der Waals surface area contributed by atoms with Gasteiger partial charge in [0, 0.05) is 22.8 Å². The molecule has 1 unspecified atom stereocenters. The van der Waals surface area contributed by atoms with Crippen molar-refractivity contribution in [2.45, 2.75) is 51.1 Å². The molecule has 0 saturated heterocycles.